The molecule has 3 heterocycles. The molecule has 0 saturated heterocycles. The van der Waals surface area contributed by atoms with Crippen LogP contribution in [0, 0.1) is 11.3 Å². The monoisotopic (exact) mass is 452 g/mol. The number of thioether (sulfide) groups is 1. The highest BCUT2D eigenvalue weighted by molar-refractivity contribution is 8.00. The second-order valence-electron chi connectivity index (χ2n) is 7.42. The Labute approximate surface area is 189 Å². The molecule has 0 radical (unpaired) electrons. The largest absolute Gasteiger partial charge is 0.316 e. The molecule has 4 rings (SSSR count). The fourth-order valence-corrected chi connectivity index (χ4v) is 5.91. The number of nitrogens with one attached hydrogen (secondary N) is 1. The molecule has 9 heteroatoms. The van der Waals surface area contributed by atoms with Gasteiger partial charge in [-0.3, -0.25) is 9.78 Å². The van der Waals surface area contributed by atoms with Crippen LogP contribution in [0.25, 0.3) is 11.4 Å². The molecule has 0 saturated carbocycles. The number of carbonyl (C=O) groups excluding carboxylic acids is 1. The summed E-state index contributed by atoms with van der Waals surface area (Å²) >= 11 is 2.93. The third-order valence-corrected chi connectivity index (χ3v) is 7.68. The van der Waals surface area contributed by atoms with E-state index in [4.69, 9.17) is 0 Å². The number of carbonyl (C=O) groups is 1. The van der Waals surface area contributed by atoms with Crippen LogP contribution in [-0.2, 0) is 24.2 Å². The summed E-state index contributed by atoms with van der Waals surface area (Å²) in [6, 6.07) is 6.11. The minimum Gasteiger partial charge on any atom is -0.316 e. The summed E-state index contributed by atoms with van der Waals surface area (Å²) in [7, 11) is 0. The molecular formula is C22H24N6OS2. The molecule has 31 heavy (non-hydrogen) atoms. The van der Waals surface area contributed by atoms with Gasteiger partial charge in [0.1, 0.15) is 11.1 Å². The molecule has 160 valence electrons. The molecule has 0 fully saturated rings. The molecule has 1 amide bonds. The van der Waals surface area contributed by atoms with Crippen molar-refractivity contribution in [2.24, 2.45) is 0 Å². The maximum atomic E-state index is 12.9. The second-order valence-corrected chi connectivity index (χ2v) is 9.83. The van der Waals surface area contributed by atoms with Crippen molar-refractivity contribution in [2.75, 3.05) is 5.32 Å². The number of thiophene rings is 1. The van der Waals surface area contributed by atoms with Crippen molar-refractivity contribution in [1.82, 2.24) is 19.7 Å². The van der Waals surface area contributed by atoms with E-state index in [2.05, 4.69) is 26.6 Å². The summed E-state index contributed by atoms with van der Waals surface area (Å²) in [5, 5.41) is 22.3. The summed E-state index contributed by atoms with van der Waals surface area (Å²) < 4.78 is 2.00. The Bertz CT molecular complexity index is 1120. The van der Waals surface area contributed by atoms with Gasteiger partial charge in [0, 0.05) is 29.4 Å². The molecule has 0 unspecified atom stereocenters. The normalized spacial score (nSPS) is 14.4. The smallest absolute Gasteiger partial charge is 0.238 e. The molecule has 1 aliphatic carbocycles. The minimum atomic E-state index is -0.381. The van der Waals surface area contributed by atoms with Gasteiger partial charge in [0.05, 0.1) is 10.8 Å². The lowest BCUT2D eigenvalue weighted by molar-refractivity contribution is -0.115. The number of aryl methyl sites for hydroxylation is 1. The maximum Gasteiger partial charge on any atom is 0.238 e. The van der Waals surface area contributed by atoms with Crippen LogP contribution in [0.4, 0.5) is 5.00 Å². The van der Waals surface area contributed by atoms with Crippen molar-refractivity contribution >= 4 is 34.0 Å². The first kappa shape index (κ1) is 21.5. The fraction of sp³-hybridized carbons (Fsp3) is 0.409. The Kier molecular flexibility index (Phi) is 6.68. The molecule has 3 aromatic rings. The van der Waals surface area contributed by atoms with E-state index >= 15 is 0 Å². The van der Waals surface area contributed by atoms with Crippen LogP contribution < -0.4 is 5.32 Å². The second kappa shape index (κ2) is 9.62. The van der Waals surface area contributed by atoms with E-state index in [-0.39, 0.29) is 11.2 Å². The molecule has 3 aromatic heterocycles. The summed E-state index contributed by atoms with van der Waals surface area (Å²) in [5.74, 6) is 0.628. The molecule has 0 spiro atoms. The number of amides is 1. The Morgan fingerprint density at radius 2 is 2.06 bits per heavy atom. The number of pyridine rings is 1. The van der Waals surface area contributed by atoms with E-state index < -0.39 is 0 Å². The molecule has 7 nitrogen and oxygen atoms in total. The van der Waals surface area contributed by atoms with Gasteiger partial charge in [0.25, 0.3) is 0 Å². The molecule has 1 aliphatic rings. The van der Waals surface area contributed by atoms with Crippen molar-refractivity contribution < 1.29 is 4.79 Å². The molecule has 1 atom stereocenters. The number of hydrogen-bond acceptors (Lipinski definition) is 7. The van der Waals surface area contributed by atoms with E-state index in [9.17, 15) is 10.1 Å². The molecule has 1 N–H and O–H groups in total. The standard InChI is InChI=1S/C22H24N6OS2/c1-3-28-19(15-9-11-24-12-10-15)26-27-22(28)30-14(2)20(29)25-21-17(13-23)16-7-5-4-6-8-18(16)31-21/h9-12,14H,3-8H2,1-2H3,(H,25,29)/t14-/m1/s1. The number of anilines is 1. The van der Waals surface area contributed by atoms with E-state index in [0.29, 0.717) is 22.3 Å². The predicted octanol–water partition coefficient (Wildman–Crippen LogP) is 4.68. The first-order chi connectivity index (χ1) is 15.1. The zero-order chi connectivity index (χ0) is 21.8. The highest BCUT2D eigenvalue weighted by Gasteiger charge is 2.24. The third kappa shape index (κ3) is 4.50. The van der Waals surface area contributed by atoms with E-state index in [1.54, 1.807) is 23.7 Å². The van der Waals surface area contributed by atoms with Crippen molar-refractivity contribution in [3.05, 3.63) is 40.5 Å². The topological polar surface area (TPSA) is 96.5 Å². The molecular weight excluding hydrogens is 428 g/mol. The van der Waals surface area contributed by atoms with E-state index in [1.807, 2.05) is 30.5 Å². The van der Waals surface area contributed by atoms with Crippen LogP contribution >= 0.6 is 23.1 Å². The van der Waals surface area contributed by atoms with Gasteiger partial charge in [-0.2, -0.15) is 5.26 Å². The molecule has 0 aliphatic heterocycles. The Morgan fingerprint density at radius 1 is 1.29 bits per heavy atom. The van der Waals surface area contributed by atoms with Crippen LogP contribution in [-0.4, -0.2) is 30.9 Å². The quantitative estimate of drug-likeness (QED) is 0.431. The number of fused-ring (bicyclic) bond motifs is 1. The van der Waals surface area contributed by atoms with Gasteiger partial charge >= 0.3 is 0 Å². The van der Waals surface area contributed by atoms with Crippen LogP contribution in [0.15, 0.2) is 29.7 Å². The third-order valence-electron chi connectivity index (χ3n) is 5.39. The van der Waals surface area contributed by atoms with Gasteiger partial charge in [0.15, 0.2) is 11.0 Å². The highest BCUT2D eigenvalue weighted by Crippen LogP contribution is 2.37. The summed E-state index contributed by atoms with van der Waals surface area (Å²) in [6.07, 6.45) is 8.80. The number of nitriles is 1. The lowest BCUT2D eigenvalue weighted by Gasteiger charge is -2.12. The maximum absolute atomic E-state index is 12.9. The zero-order valence-corrected chi connectivity index (χ0v) is 19.2. The lowest BCUT2D eigenvalue weighted by Crippen LogP contribution is -2.23. The number of aromatic nitrogens is 4. The lowest BCUT2D eigenvalue weighted by atomic mass is 10.1. The van der Waals surface area contributed by atoms with Crippen molar-refractivity contribution in [1.29, 1.82) is 5.26 Å². The Balaban J connectivity index is 1.50. The number of nitrogens with zero attached hydrogens (tertiary/aromatic N) is 5. The van der Waals surface area contributed by atoms with Gasteiger partial charge in [-0.15, -0.1) is 21.5 Å². The van der Waals surface area contributed by atoms with Gasteiger partial charge < -0.3 is 9.88 Å². The summed E-state index contributed by atoms with van der Waals surface area (Å²) in [5.41, 5.74) is 2.71. The van der Waals surface area contributed by atoms with Gasteiger partial charge in [-0.25, -0.2) is 0 Å². The van der Waals surface area contributed by atoms with Crippen LogP contribution in [0.5, 0.6) is 0 Å². The van der Waals surface area contributed by atoms with Crippen molar-refractivity contribution in [2.45, 2.75) is 62.9 Å². The SMILES string of the molecule is CCn1c(S[C@H](C)C(=O)Nc2sc3c(c2C#N)CCCCC3)nnc1-c1ccncc1. The van der Waals surface area contributed by atoms with Gasteiger partial charge in [-0.05, 0) is 57.2 Å². The Morgan fingerprint density at radius 3 is 2.81 bits per heavy atom. The Hall–Kier alpha value is -2.70. The summed E-state index contributed by atoms with van der Waals surface area (Å²) in [6.45, 7) is 4.57. The van der Waals surface area contributed by atoms with Crippen LogP contribution in [0.2, 0.25) is 0 Å². The zero-order valence-electron chi connectivity index (χ0n) is 17.6. The van der Waals surface area contributed by atoms with Gasteiger partial charge in [0.2, 0.25) is 5.91 Å². The number of rotatable bonds is 6. The summed E-state index contributed by atoms with van der Waals surface area (Å²) in [4.78, 5) is 18.2. The van der Waals surface area contributed by atoms with Crippen LogP contribution in [0.3, 0.4) is 0 Å². The van der Waals surface area contributed by atoms with Crippen molar-refractivity contribution in [3.63, 3.8) is 0 Å². The van der Waals surface area contributed by atoms with E-state index in [1.165, 1.54) is 23.1 Å². The number of hydrogen-bond donors (Lipinski definition) is 1. The molecule has 0 aromatic carbocycles. The first-order valence-electron chi connectivity index (χ1n) is 10.5. The average molecular weight is 453 g/mol. The average Bonchev–Trinajstić information content (AvgIpc) is 3.25. The minimum absolute atomic E-state index is 0.131. The first-order valence-corrected chi connectivity index (χ1v) is 12.2. The van der Waals surface area contributed by atoms with Gasteiger partial charge in [-0.1, -0.05) is 18.2 Å². The van der Waals surface area contributed by atoms with Crippen molar-refractivity contribution in [3.8, 4) is 17.5 Å². The van der Waals surface area contributed by atoms with Crippen LogP contribution in [0.1, 0.15) is 49.1 Å². The fourth-order valence-electron chi connectivity index (χ4n) is 3.75. The molecule has 0 bridgehead atoms. The highest BCUT2D eigenvalue weighted by atomic mass is 32.2. The predicted molar refractivity (Wildman–Crippen MR) is 123 cm³/mol. The van der Waals surface area contributed by atoms with E-state index in [0.717, 1.165) is 42.6 Å².